The summed E-state index contributed by atoms with van der Waals surface area (Å²) >= 11 is 1.61. The van der Waals surface area contributed by atoms with Crippen molar-refractivity contribution >= 4 is 22.9 Å². The van der Waals surface area contributed by atoms with Crippen LogP contribution < -0.4 is 11.1 Å². The van der Waals surface area contributed by atoms with Gasteiger partial charge in [-0.15, -0.1) is 11.3 Å². The molecule has 94 valence electrons. The molecule has 1 amide bonds. The van der Waals surface area contributed by atoms with Crippen molar-refractivity contribution in [3.8, 4) is 0 Å². The highest BCUT2D eigenvalue weighted by atomic mass is 32.1. The van der Waals surface area contributed by atoms with Crippen molar-refractivity contribution in [3.63, 3.8) is 0 Å². The lowest BCUT2D eigenvalue weighted by Crippen LogP contribution is -2.27. The minimum absolute atomic E-state index is 0.0294. The number of rotatable bonds is 3. The maximum atomic E-state index is 12.1. The van der Waals surface area contributed by atoms with Gasteiger partial charge in [0.2, 0.25) is 0 Å². The van der Waals surface area contributed by atoms with Gasteiger partial charge in [0.1, 0.15) is 0 Å². The highest BCUT2D eigenvalue weighted by Crippen LogP contribution is 2.19. The third-order valence-corrected chi connectivity index (χ3v) is 3.69. The van der Waals surface area contributed by atoms with Crippen molar-refractivity contribution in [2.75, 3.05) is 5.73 Å². The molecule has 0 spiro atoms. The highest BCUT2D eigenvalue weighted by Gasteiger charge is 2.14. The van der Waals surface area contributed by atoms with Crippen LogP contribution in [0.15, 0.2) is 29.8 Å². The van der Waals surface area contributed by atoms with E-state index in [-0.39, 0.29) is 11.9 Å². The van der Waals surface area contributed by atoms with Crippen molar-refractivity contribution in [3.05, 3.63) is 45.9 Å². The zero-order valence-electron chi connectivity index (χ0n) is 10.3. The number of hydrogen-bond acceptors (Lipinski definition) is 4. The molecule has 2 heterocycles. The number of amides is 1. The number of nitrogens with zero attached hydrogens (tertiary/aromatic N) is 1. The first-order chi connectivity index (χ1) is 8.58. The van der Waals surface area contributed by atoms with Crippen LogP contribution >= 0.6 is 11.3 Å². The molecule has 0 saturated heterocycles. The molecule has 1 unspecified atom stereocenters. The molecule has 0 saturated carbocycles. The van der Waals surface area contributed by atoms with E-state index in [0.29, 0.717) is 11.3 Å². The Morgan fingerprint density at radius 3 is 2.94 bits per heavy atom. The summed E-state index contributed by atoms with van der Waals surface area (Å²) in [6, 6.07) is 5.62. The zero-order chi connectivity index (χ0) is 13.1. The van der Waals surface area contributed by atoms with Crippen LogP contribution in [0.2, 0.25) is 0 Å². The van der Waals surface area contributed by atoms with Gasteiger partial charge in [0.25, 0.3) is 5.91 Å². The molecule has 1 atom stereocenters. The summed E-state index contributed by atoms with van der Waals surface area (Å²) in [6.07, 6.45) is 1.52. The summed E-state index contributed by atoms with van der Waals surface area (Å²) in [5.74, 6) is -0.194. The van der Waals surface area contributed by atoms with Crippen LogP contribution in [0.5, 0.6) is 0 Å². The lowest BCUT2D eigenvalue weighted by atomic mass is 10.2. The van der Waals surface area contributed by atoms with Crippen LogP contribution in [0.4, 0.5) is 5.69 Å². The van der Waals surface area contributed by atoms with E-state index in [1.165, 1.54) is 6.20 Å². The quantitative estimate of drug-likeness (QED) is 0.892. The van der Waals surface area contributed by atoms with Crippen molar-refractivity contribution < 1.29 is 4.79 Å². The van der Waals surface area contributed by atoms with Crippen molar-refractivity contribution in [2.24, 2.45) is 0 Å². The van der Waals surface area contributed by atoms with E-state index in [9.17, 15) is 4.79 Å². The molecule has 0 radical (unpaired) electrons. The first-order valence-electron chi connectivity index (χ1n) is 5.64. The molecule has 2 aromatic rings. The lowest BCUT2D eigenvalue weighted by Gasteiger charge is -2.13. The van der Waals surface area contributed by atoms with E-state index in [0.717, 1.165) is 10.6 Å². The second kappa shape index (κ2) is 5.18. The number of carbonyl (C=O) groups is 1. The molecule has 18 heavy (non-hydrogen) atoms. The van der Waals surface area contributed by atoms with Gasteiger partial charge in [-0.2, -0.15) is 0 Å². The maximum Gasteiger partial charge on any atom is 0.255 e. The number of pyridine rings is 1. The first kappa shape index (κ1) is 12.6. The van der Waals surface area contributed by atoms with Crippen LogP contribution in [0.3, 0.4) is 0 Å². The van der Waals surface area contributed by atoms with Crippen LogP contribution in [-0.2, 0) is 0 Å². The summed E-state index contributed by atoms with van der Waals surface area (Å²) in [6.45, 7) is 3.79. The van der Waals surface area contributed by atoms with E-state index in [4.69, 9.17) is 5.73 Å². The van der Waals surface area contributed by atoms with Crippen LogP contribution in [0, 0.1) is 6.92 Å². The SMILES string of the molecule is Cc1cc(N)c(C(=O)NC(C)c2cccs2)cn1. The van der Waals surface area contributed by atoms with Crippen molar-refractivity contribution in [1.29, 1.82) is 0 Å². The molecule has 5 heteroatoms. The molecule has 0 aliphatic heterocycles. The molecule has 0 aromatic carbocycles. The van der Waals surface area contributed by atoms with Gasteiger partial charge in [-0.3, -0.25) is 9.78 Å². The Morgan fingerprint density at radius 1 is 1.56 bits per heavy atom. The number of nitrogens with one attached hydrogen (secondary N) is 1. The third-order valence-electron chi connectivity index (χ3n) is 2.63. The lowest BCUT2D eigenvalue weighted by molar-refractivity contribution is 0.0941. The molecule has 0 aliphatic rings. The predicted octanol–water partition coefficient (Wildman–Crippen LogP) is 2.52. The zero-order valence-corrected chi connectivity index (χ0v) is 11.1. The van der Waals surface area contributed by atoms with E-state index < -0.39 is 0 Å². The summed E-state index contributed by atoms with van der Waals surface area (Å²) in [5.41, 5.74) is 7.50. The highest BCUT2D eigenvalue weighted by molar-refractivity contribution is 7.10. The molecular weight excluding hydrogens is 246 g/mol. The second-order valence-corrected chi connectivity index (χ2v) is 5.10. The Labute approximate surface area is 110 Å². The summed E-state index contributed by atoms with van der Waals surface area (Å²) in [4.78, 5) is 17.3. The molecule has 4 nitrogen and oxygen atoms in total. The first-order valence-corrected chi connectivity index (χ1v) is 6.52. The van der Waals surface area contributed by atoms with Crippen LogP contribution in [-0.4, -0.2) is 10.9 Å². The molecule has 0 bridgehead atoms. The molecule has 2 aromatic heterocycles. The standard InChI is InChI=1S/C13H15N3OS/c1-8-6-11(14)10(7-15-8)13(17)16-9(2)12-4-3-5-18-12/h3-7,9H,1-2H3,(H2,14,15)(H,16,17). The average Bonchev–Trinajstić information content (AvgIpc) is 2.81. The molecule has 0 fully saturated rings. The molecule has 3 N–H and O–H groups in total. The summed E-state index contributed by atoms with van der Waals surface area (Å²) in [7, 11) is 0. The maximum absolute atomic E-state index is 12.1. The van der Waals surface area contributed by atoms with E-state index >= 15 is 0 Å². The van der Waals surface area contributed by atoms with Crippen molar-refractivity contribution in [2.45, 2.75) is 19.9 Å². The van der Waals surface area contributed by atoms with E-state index in [2.05, 4.69) is 10.3 Å². The fraction of sp³-hybridized carbons (Fsp3) is 0.231. The minimum atomic E-state index is -0.194. The topological polar surface area (TPSA) is 68.0 Å². The minimum Gasteiger partial charge on any atom is -0.398 e. The second-order valence-electron chi connectivity index (χ2n) is 4.12. The van der Waals surface area contributed by atoms with E-state index in [1.807, 2.05) is 31.4 Å². The van der Waals surface area contributed by atoms with Gasteiger partial charge < -0.3 is 11.1 Å². The number of hydrogen-bond donors (Lipinski definition) is 2. The fourth-order valence-corrected chi connectivity index (χ4v) is 2.39. The molecule has 0 aliphatic carbocycles. The summed E-state index contributed by atoms with van der Waals surface area (Å²) in [5, 5.41) is 4.90. The predicted molar refractivity (Wildman–Crippen MR) is 73.6 cm³/mol. The van der Waals surface area contributed by atoms with Gasteiger partial charge in [-0.05, 0) is 31.4 Å². The molecule has 2 rings (SSSR count). The number of aromatic nitrogens is 1. The number of aryl methyl sites for hydroxylation is 1. The number of thiophene rings is 1. The van der Waals surface area contributed by atoms with Crippen LogP contribution in [0.1, 0.15) is 33.9 Å². The number of carbonyl (C=O) groups excluding carboxylic acids is 1. The Bertz CT molecular complexity index is 551. The van der Waals surface area contributed by atoms with Gasteiger partial charge in [0.15, 0.2) is 0 Å². The third kappa shape index (κ3) is 2.68. The van der Waals surface area contributed by atoms with Gasteiger partial charge >= 0.3 is 0 Å². The Kier molecular flexibility index (Phi) is 3.62. The van der Waals surface area contributed by atoms with Crippen molar-refractivity contribution in [1.82, 2.24) is 10.3 Å². The Morgan fingerprint density at radius 2 is 2.33 bits per heavy atom. The number of nitrogen functional groups attached to an aromatic ring is 1. The van der Waals surface area contributed by atoms with Gasteiger partial charge in [-0.1, -0.05) is 6.07 Å². The number of anilines is 1. The van der Waals surface area contributed by atoms with Crippen LogP contribution in [0.25, 0.3) is 0 Å². The normalized spacial score (nSPS) is 12.1. The van der Waals surface area contributed by atoms with Gasteiger partial charge in [0, 0.05) is 22.5 Å². The van der Waals surface area contributed by atoms with Gasteiger partial charge in [0.05, 0.1) is 11.6 Å². The Balaban J connectivity index is 2.12. The molecular formula is C13H15N3OS. The number of nitrogens with two attached hydrogens (primary N) is 1. The smallest absolute Gasteiger partial charge is 0.255 e. The monoisotopic (exact) mass is 261 g/mol. The summed E-state index contributed by atoms with van der Waals surface area (Å²) < 4.78 is 0. The Hall–Kier alpha value is -1.88. The van der Waals surface area contributed by atoms with Gasteiger partial charge in [-0.25, -0.2) is 0 Å². The fourth-order valence-electron chi connectivity index (χ4n) is 1.65. The van der Waals surface area contributed by atoms with E-state index in [1.54, 1.807) is 17.4 Å². The average molecular weight is 261 g/mol. The largest absolute Gasteiger partial charge is 0.398 e.